The molecule has 1 aliphatic rings. The summed E-state index contributed by atoms with van der Waals surface area (Å²) < 4.78 is 7.10. The van der Waals surface area contributed by atoms with Gasteiger partial charge < -0.3 is 10.1 Å². The van der Waals surface area contributed by atoms with Crippen LogP contribution in [0, 0.1) is 10.1 Å². The highest BCUT2D eigenvalue weighted by atomic mass is 16.6. The van der Waals surface area contributed by atoms with Crippen molar-refractivity contribution in [2.24, 2.45) is 7.05 Å². The maximum absolute atomic E-state index is 11.1. The third kappa shape index (κ3) is 3.27. The van der Waals surface area contributed by atoms with E-state index >= 15 is 0 Å². The molecule has 1 aromatic rings. The Morgan fingerprint density at radius 2 is 2.35 bits per heavy atom. The number of nitro groups is 1. The van der Waals surface area contributed by atoms with Gasteiger partial charge >= 0.3 is 5.69 Å². The van der Waals surface area contributed by atoms with Crippen molar-refractivity contribution in [1.82, 2.24) is 15.1 Å². The van der Waals surface area contributed by atoms with Gasteiger partial charge in [0.05, 0.1) is 11.5 Å². The van der Waals surface area contributed by atoms with Gasteiger partial charge in [-0.15, -0.1) is 0 Å². The van der Waals surface area contributed by atoms with E-state index in [2.05, 4.69) is 10.4 Å². The second kappa shape index (κ2) is 6.69. The molecular weight excluding hydrogens is 260 g/mol. The molecule has 1 fully saturated rings. The molecule has 0 bridgehead atoms. The molecule has 2 heterocycles. The van der Waals surface area contributed by atoms with Gasteiger partial charge in [0.25, 0.3) is 5.88 Å². The van der Waals surface area contributed by atoms with Crippen LogP contribution in [0.2, 0.25) is 0 Å². The van der Waals surface area contributed by atoms with Crippen LogP contribution in [-0.2, 0) is 13.5 Å². The molecular formula is C13H22N4O3. The van der Waals surface area contributed by atoms with E-state index in [1.165, 1.54) is 17.5 Å². The average Bonchev–Trinajstić information content (AvgIpc) is 2.77. The second-order valence-electron chi connectivity index (χ2n) is 5.12. The summed E-state index contributed by atoms with van der Waals surface area (Å²) in [4.78, 5) is 10.7. The molecule has 1 aliphatic heterocycles. The number of piperidine rings is 1. The number of nitrogens with one attached hydrogen (secondary N) is 1. The molecule has 0 radical (unpaired) electrons. The minimum Gasteiger partial charge on any atom is -0.473 e. The van der Waals surface area contributed by atoms with Crippen LogP contribution in [-0.4, -0.2) is 33.9 Å². The molecule has 1 unspecified atom stereocenters. The van der Waals surface area contributed by atoms with Crippen molar-refractivity contribution in [3.8, 4) is 5.88 Å². The number of aromatic nitrogens is 2. The molecule has 112 valence electrons. The summed E-state index contributed by atoms with van der Waals surface area (Å²) in [7, 11) is 1.68. The van der Waals surface area contributed by atoms with E-state index in [-0.39, 0.29) is 11.6 Å². The van der Waals surface area contributed by atoms with Crippen LogP contribution in [0.4, 0.5) is 5.69 Å². The van der Waals surface area contributed by atoms with Gasteiger partial charge in [-0.05, 0) is 32.2 Å². The maximum atomic E-state index is 11.1. The maximum Gasteiger partial charge on any atom is 0.353 e. The van der Waals surface area contributed by atoms with E-state index in [1.54, 1.807) is 7.05 Å². The standard InChI is InChI=1S/C13H22N4O3/c1-3-11-12(17(18)19)13(16(2)15-11)20-9-7-10-6-4-5-8-14-10/h10,14H,3-9H2,1-2H3. The molecule has 0 spiro atoms. The first-order valence-electron chi connectivity index (χ1n) is 7.20. The highest BCUT2D eigenvalue weighted by Crippen LogP contribution is 2.30. The van der Waals surface area contributed by atoms with E-state index in [1.807, 2.05) is 6.92 Å². The number of ether oxygens (including phenoxy) is 1. The Morgan fingerprint density at radius 1 is 1.55 bits per heavy atom. The SMILES string of the molecule is CCc1nn(C)c(OCCC2CCCCN2)c1[N+](=O)[O-]. The van der Waals surface area contributed by atoms with Gasteiger partial charge in [-0.2, -0.15) is 5.10 Å². The molecule has 20 heavy (non-hydrogen) atoms. The zero-order chi connectivity index (χ0) is 14.5. The van der Waals surface area contributed by atoms with Gasteiger partial charge in [0, 0.05) is 13.1 Å². The fraction of sp³-hybridized carbons (Fsp3) is 0.769. The van der Waals surface area contributed by atoms with Crippen molar-refractivity contribution in [3.63, 3.8) is 0 Å². The largest absolute Gasteiger partial charge is 0.473 e. The molecule has 1 atom stereocenters. The summed E-state index contributed by atoms with van der Waals surface area (Å²) >= 11 is 0. The van der Waals surface area contributed by atoms with Crippen LogP contribution in [0.5, 0.6) is 5.88 Å². The van der Waals surface area contributed by atoms with E-state index < -0.39 is 4.92 Å². The summed E-state index contributed by atoms with van der Waals surface area (Å²) in [5.74, 6) is 0.266. The van der Waals surface area contributed by atoms with Crippen molar-refractivity contribution in [1.29, 1.82) is 0 Å². The summed E-state index contributed by atoms with van der Waals surface area (Å²) in [5.41, 5.74) is 0.481. The van der Waals surface area contributed by atoms with Crippen molar-refractivity contribution in [3.05, 3.63) is 15.8 Å². The Balaban J connectivity index is 1.97. The first-order chi connectivity index (χ1) is 9.63. The van der Waals surface area contributed by atoms with Crippen LogP contribution < -0.4 is 10.1 Å². The molecule has 7 heteroatoms. The molecule has 7 nitrogen and oxygen atoms in total. The van der Waals surface area contributed by atoms with Crippen LogP contribution in [0.15, 0.2) is 0 Å². The third-order valence-corrected chi connectivity index (χ3v) is 3.68. The monoisotopic (exact) mass is 282 g/mol. The summed E-state index contributed by atoms with van der Waals surface area (Å²) in [6.45, 7) is 3.38. The number of aryl methyl sites for hydroxylation is 2. The van der Waals surface area contributed by atoms with Crippen molar-refractivity contribution < 1.29 is 9.66 Å². The lowest BCUT2D eigenvalue weighted by molar-refractivity contribution is -0.386. The third-order valence-electron chi connectivity index (χ3n) is 3.68. The lowest BCUT2D eigenvalue weighted by Gasteiger charge is -2.23. The average molecular weight is 282 g/mol. The summed E-state index contributed by atoms with van der Waals surface area (Å²) in [6, 6.07) is 0.460. The Morgan fingerprint density at radius 3 is 2.95 bits per heavy atom. The van der Waals surface area contributed by atoms with Crippen LogP contribution in [0.3, 0.4) is 0 Å². The first-order valence-corrected chi connectivity index (χ1v) is 7.20. The van der Waals surface area contributed by atoms with Crippen molar-refractivity contribution in [2.75, 3.05) is 13.2 Å². The molecule has 0 amide bonds. The smallest absolute Gasteiger partial charge is 0.353 e. The first kappa shape index (κ1) is 14.8. The van der Waals surface area contributed by atoms with E-state index in [9.17, 15) is 10.1 Å². The van der Waals surface area contributed by atoms with Gasteiger partial charge in [0.2, 0.25) is 0 Å². The Bertz CT molecular complexity index is 466. The van der Waals surface area contributed by atoms with Crippen LogP contribution in [0.1, 0.15) is 38.3 Å². The normalized spacial score (nSPS) is 19.0. The van der Waals surface area contributed by atoms with E-state index in [0.29, 0.717) is 24.8 Å². The number of nitrogens with zero attached hydrogens (tertiary/aromatic N) is 3. The fourth-order valence-corrected chi connectivity index (χ4v) is 2.60. The molecule has 1 aromatic heterocycles. The molecule has 0 aromatic carbocycles. The lowest BCUT2D eigenvalue weighted by atomic mass is 10.0. The van der Waals surface area contributed by atoms with Gasteiger partial charge in [0.15, 0.2) is 0 Å². The fourth-order valence-electron chi connectivity index (χ4n) is 2.60. The zero-order valence-electron chi connectivity index (χ0n) is 12.1. The quantitative estimate of drug-likeness (QED) is 0.635. The highest BCUT2D eigenvalue weighted by molar-refractivity contribution is 5.46. The predicted molar refractivity (Wildman–Crippen MR) is 75.0 cm³/mol. The summed E-state index contributed by atoms with van der Waals surface area (Å²) in [6.07, 6.45) is 5.01. The Kier molecular flexibility index (Phi) is 4.94. The van der Waals surface area contributed by atoms with Crippen LogP contribution in [0.25, 0.3) is 0 Å². The van der Waals surface area contributed by atoms with Gasteiger partial charge in [0.1, 0.15) is 5.69 Å². The second-order valence-corrected chi connectivity index (χ2v) is 5.12. The molecule has 1 N–H and O–H groups in total. The number of hydrogen-bond donors (Lipinski definition) is 1. The molecule has 0 aliphatic carbocycles. The summed E-state index contributed by atoms with van der Waals surface area (Å²) in [5, 5.41) is 18.7. The predicted octanol–water partition coefficient (Wildman–Crippen LogP) is 1.80. The lowest BCUT2D eigenvalue weighted by Crippen LogP contribution is -2.35. The minimum absolute atomic E-state index is 0.00611. The molecule has 1 saturated heterocycles. The van der Waals surface area contributed by atoms with E-state index in [0.717, 1.165) is 19.4 Å². The van der Waals surface area contributed by atoms with Gasteiger partial charge in [-0.25, -0.2) is 4.68 Å². The highest BCUT2D eigenvalue weighted by Gasteiger charge is 2.27. The molecule has 2 rings (SSSR count). The molecule has 0 saturated carbocycles. The van der Waals surface area contributed by atoms with E-state index in [4.69, 9.17) is 4.74 Å². The van der Waals surface area contributed by atoms with Crippen molar-refractivity contribution >= 4 is 5.69 Å². The Hall–Kier alpha value is -1.63. The van der Waals surface area contributed by atoms with Crippen molar-refractivity contribution in [2.45, 2.75) is 45.1 Å². The van der Waals surface area contributed by atoms with Gasteiger partial charge in [-0.1, -0.05) is 13.3 Å². The number of rotatable bonds is 6. The van der Waals surface area contributed by atoms with Gasteiger partial charge in [-0.3, -0.25) is 10.1 Å². The van der Waals surface area contributed by atoms with Crippen LogP contribution >= 0.6 is 0 Å². The zero-order valence-corrected chi connectivity index (χ0v) is 12.1. The number of hydrogen-bond acceptors (Lipinski definition) is 5. The Labute approximate surface area is 118 Å². The minimum atomic E-state index is -0.403. The topological polar surface area (TPSA) is 82.2 Å².